The molecule has 0 saturated carbocycles. The minimum atomic E-state index is -0.190. The van der Waals surface area contributed by atoms with Crippen molar-refractivity contribution in [3.8, 4) is 0 Å². The largest absolute Gasteiger partial charge is 0.321 e. The van der Waals surface area contributed by atoms with Crippen LogP contribution in [-0.2, 0) is 6.54 Å². The van der Waals surface area contributed by atoms with Gasteiger partial charge < -0.3 is 10.6 Å². The lowest BCUT2D eigenvalue weighted by Gasteiger charge is -2.06. The lowest BCUT2D eigenvalue weighted by Crippen LogP contribution is -2.14. The van der Waals surface area contributed by atoms with Gasteiger partial charge in [-0.25, -0.2) is 4.98 Å². The zero-order chi connectivity index (χ0) is 13.7. The maximum absolute atomic E-state index is 12.0. The summed E-state index contributed by atoms with van der Waals surface area (Å²) in [5.74, 6) is -0.190. The van der Waals surface area contributed by atoms with Crippen LogP contribution in [0.15, 0.2) is 42.5 Å². The van der Waals surface area contributed by atoms with Crippen LogP contribution >= 0.6 is 0 Å². The number of hydrogen-bond donors (Lipinski definition) is 2. The molecule has 0 radical (unpaired) electrons. The van der Waals surface area contributed by atoms with Gasteiger partial charge in [0.05, 0.1) is 0 Å². The number of nitrogens with one attached hydrogen (secondary N) is 2. The van der Waals surface area contributed by atoms with Crippen LogP contribution in [0.5, 0.6) is 0 Å². The monoisotopic (exact) mass is 255 g/mol. The summed E-state index contributed by atoms with van der Waals surface area (Å²) in [6.45, 7) is 2.68. The predicted octanol–water partition coefficient (Wildman–Crippen LogP) is 2.36. The molecule has 2 aromatic rings. The number of aryl methyl sites for hydroxylation is 1. The average molecular weight is 255 g/mol. The molecule has 4 nitrogen and oxygen atoms in total. The maximum atomic E-state index is 12.0. The maximum Gasteiger partial charge on any atom is 0.274 e. The third-order valence-corrected chi connectivity index (χ3v) is 2.71. The van der Waals surface area contributed by atoms with E-state index in [2.05, 4.69) is 15.6 Å². The van der Waals surface area contributed by atoms with Gasteiger partial charge in [0.2, 0.25) is 0 Å². The third-order valence-electron chi connectivity index (χ3n) is 2.71. The van der Waals surface area contributed by atoms with Crippen LogP contribution in [0.2, 0.25) is 0 Å². The van der Waals surface area contributed by atoms with E-state index in [1.165, 1.54) is 5.56 Å². The molecule has 0 saturated heterocycles. The summed E-state index contributed by atoms with van der Waals surface area (Å²) in [6.07, 6.45) is 0. The number of nitrogens with zero attached hydrogens (tertiary/aromatic N) is 1. The fourth-order valence-electron chi connectivity index (χ4n) is 1.77. The first-order valence-corrected chi connectivity index (χ1v) is 6.17. The van der Waals surface area contributed by atoms with Gasteiger partial charge in [-0.3, -0.25) is 4.79 Å². The van der Waals surface area contributed by atoms with Crippen molar-refractivity contribution in [2.24, 2.45) is 0 Å². The Kier molecular flexibility index (Phi) is 4.26. The number of benzene rings is 1. The standard InChI is InChI=1S/C15H17N3O/c1-11-4-3-5-14(17-11)15(19)18-13-8-6-12(7-9-13)10-16-2/h3-9,16H,10H2,1-2H3,(H,18,19). The number of aromatic nitrogens is 1. The molecule has 1 heterocycles. The van der Waals surface area contributed by atoms with Crippen molar-refractivity contribution < 1.29 is 4.79 Å². The molecule has 0 unspecified atom stereocenters. The van der Waals surface area contributed by atoms with Crippen LogP contribution in [0.3, 0.4) is 0 Å². The highest BCUT2D eigenvalue weighted by Gasteiger charge is 2.07. The van der Waals surface area contributed by atoms with Crippen molar-refractivity contribution in [2.75, 3.05) is 12.4 Å². The quantitative estimate of drug-likeness (QED) is 0.881. The summed E-state index contributed by atoms with van der Waals surface area (Å²) in [7, 11) is 1.90. The Labute approximate surface area is 112 Å². The second-order valence-corrected chi connectivity index (χ2v) is 4.35. The van der Waals surface area contributed by atoms with Crippen molar-refractivity contribution in [3.05, 3.63) is 59.4 Å². The van der Waals surface area contributed by atoms with Gasteiger partial charge in [0.25, 0.3) is 5.91 Å². The van der Waals surface area contributed by atoms with Crippen LogP contribution in [0, 0.1) is 6.92 Å². The van der Waals surface area contributed by atoms with Gasteiger partial charge in [0.1, 0.15) is 5.69 Å². The molecular weight excluding hydrogens is 238 g/mol. The zero-order valence-electron chi connectivity index (χ0n) is 11.1. The Hall–Kier alpha value is -2.20. The average Bonchev–Trinajstić information content (AvgIpc) is 2.41. The number of carbonyl (C=O) groups is 1. The molecule has 0 aliphatic rings. The van der Waals surface area contributed by atoms with E-state index in [4.69, 9.17) is 0 Å². The van der Waals surface area contributed by atoms with E-state index < -0.39 is 0 Å². The van der Waals surface area contributed by atoms with E-state index in [9.17, 15) is 4.79 Å². The molecule has 1 aromatic carbocycles. The Morgan fingerprint density at radius 3 is 2.53 bits per heavy atom. The van der Waals surface area contributed by atoms with Gasteiger partial charge >= 0.3 is 0 Å². The van der Waals surface area contributed by atoms with Crippen molar-refractivity contribution in [3.63, 3.8) is 0 Å². The summed E-state index contributed by atoms with van der Waals surface area (Å²) in [5.41, 5.74) is 3.21. The van der Waals surface area contributed by atoms with Crippen molar-refractivity contribution in [2.45, 2.75) is 13.5 Å². The Morgan fingerprint density at radius 1 is 1.16 bits per heavy atom. The summed E-state index contributed by atoms with van der Waals surface area (Å²) in [6, 6.07) is 13.1. The minimum absolute atomic E-state index is 0.190. The van der Waals surface area contributed by atoms with E-state index in [0.29, 0.717) is 5.69 Å². The zero-order valence-corrected chi connectivity index (χ0v) is 11.1. The molecule has 4 heteroatoms. The fraction of sp³-hybridized carbons (Fsp3) is 0.200. The molecule has 2 rings (SSSR count). The van der Waals surface area contributed by atoms with Crippen LogP contribution in [0.25, 0.3) is 0 Å². The second-order valence-electron chi connectivity index (χ2n) is 4.35. The van der Waals surface area contributed by atoms with E-state index in [0.717, 1.165) is 17.9 Å². The molecular formula is C15H17N3O. The first-order valence-electron chi connectivity index (χ1n) is 6.17. The topological polar surface area (TPSA) is 54.0 Å². The molecule has 0 aliphatic heterocycles. The normalized spacial score (nSPS) is 10.2. The van der Waals surface area contributed by atoms with Gasteiger partial charge in [-0.1, -0.05) is 18.2 Å². The summed E-state index contributed by atoms with van der Waals surface area (Å²) < 4.78 is 0. The number of carbonyl (C=O) groups excluding carboxylic acids is 1. The van der Waals surface area contributed by atoms with Crippen LogP contribution in [0.1, 0.15) is 21.7 Å². The first kappa shape index (κ1) is 13.2. The van der Waals surface area contributed by atoms with Gasteiger partial charge in [-0.15, -0.1) is 0 Å². The Morgan fingerprint density at radius 2 is 1.89 bits per heavy atom. The highest BCUT2D eigenvalue weighted by atomic mass is 16.1. The highest BCUT2D eigenvalue weighted by Crippen LogP contribution is 2.11. The van der Waals surface area contributed by atoms with E-state index in [1.807, 2.05) is 50.4 Å². The molecule has 0 atom stereocenters. The second kappa shape index (κ2) is 6.11. The number of amides is 1. The number of rotatable bonds is 4. The van der Waals surface area contributed by atoms with Gasteiger partial charge in [0.15, 0.2) is 0 Å². The van der Waals surface area contributed by atoms with Crippen molar-refractivity contribution >= 4 is 11.6 Å². The molecule has 98 valence electrons. The summed E-state index contributed by atoms with van der Waals surface area (Å²) in [5, 5.41) is 5.91. The molecule has 0 spiro atoms. The highest BCUT2D eigenvalue weighted by molar-refractivity contribution is 6.02. The Bertz CT molecular complexity index is 564. The molecule has 0 fully saturated rings. The van der Waals surface area contributed by atoms with Gasteiger partial charge in [0, 0.05) is 17.9 Å². The molecule has 19 heavy (non-hydrogen) atoms. The van der Waals surface area contributed by atoms with E-state index >= 15 is 0 Å². The number of anilines is 1. The van der Waals surface area contributed by atoms with Crippen LogP contribution in [-0.4, -0.2) is 17.9 Å². The number of hydrogen-bond acceptors (Lipinski definition) is 3. The number of pyridine rings is 1. The summed E-state index contributed by atoms with van der Waals surface area (Å²) >= 11 is 0. The van der Waals surface area contributed by atoms with E-state index in [1.54, 1.807) is 6.07 Å². The van der Waals surface area contributed by atoms with Gasteiger partial charge in [-0.05, 0) is 43.8 Å². The van der Waals surface area contributed by atoms with Crippen LogP contribution < -0.4 is 10.6 Å². The molecule has 0 bridgehead atoms. The van der Waals surface area contributed by atoms with E-state index in [-0.39, 0.29) is 5.91 Å². The lowest BCUT2D eigenvalue weighted by molar-refractivity contribution is 0.102. The molecule has 2 N–H and O–H groups in total. The fourth-order valence-corrected chi connectivity index (χ4v) is 1.77. The Balaban J connectivity index is 2.06. The SMILES string of the molecule is CNCc1ccc(NC(=O)c2cccc(C)n2)cc1. The van der Waals surface area contributed by atoms with Crippen molar-refractivity contribution in [1.82, 2.24) is 10.3 Å². The molecule has 1 aromatic heterocycles. The third kappa shape index (κ3) is 3.63. The van der Waals surface area contributed by atoms with Crippen molar-refractivity contribution in [1.29, 1.82) is 0 Å². The predicted molar refractivity (Wildman–Crippen MR) is 76.1 cm³/mol. The van der Waals surface area contributed by atoms with Gasteiger partial charge in [-0.2, -0.15) is 0 Å². The minimum Gasteiger partial charge on any atom is -0.321 e. The summed E-state index contributed by atoms with van der Waals surface area (Å²) in [4.78, 5) is 16.2. The molecule has 1 amide bonds. The van der Waals surface area contributed by atoms with Crippen LogP contribution in [0.4, 0.5) is 5.69 Å². The smallest absolute Gasteiger partial charge is 0.274 e. The molecule has 0 aliphatic carbocycles. The lowest BCUT2D eigenvalue weighted by atomic mass is 10.2. The first-order chi connectivity index (χ1) is 9.19.